The third kappa shape index (κ3) is 2.30. The van der Waals surface area contributed by atoms with Crippen molar-refractivity contribution in [1.82, 2.24) is 10.8 Å². The minimum Gasteiger partial charge on any atom is -0.368 e. The second kappa shape index (κ2) is 3.50. The highest BCUT2D eigenvalue weighted by Gasteiger charge is 2.15. The molecule has 4 N–H and O–H groups in total. The van der Waals surface area contributed by atoms with Gasteiger partial charge in [-0.05, 0) is 0 Å². The van der Waals surface area contributed by atoms with Crippen LogP contribution in [0.4, 0.5) is 0 Å². The Kier molecular flexibility index (Phi) is 2.61. The van der Waals surface area contributed by atoms with E-state index in [4.69, 9.17) is 10.6 Å². The predicted molar refractivity (Wildman–Crippen MR) is 34.9 cm³/mol. The maximum Gasteiger partial charge on any atom is 0.245 e. The first-order valence-electron chi connectivity index (χ1n) is 3.15. The molecule has 0 aliphatic carbocycles. The summed E-state index contributed by atoms with van der Waals surface area (Å²) in [5.74, 6) is -0.459. The van der Waals surface area contributed by atoms with E-state index in [1.54, 1.807) is 0 Å². The molecule has 1 aliphatic heterocycles. The number of rotatable bonds is 4. The lowest BCUT2D eigenvalue weighted by molar-refractivity contribution is -0.126. The van der Waals surface area contributed by atoms with Crippen LogP contribution in [0.1, 0.15) is 0 Å². The molecule has 0 bridgehead atoms. The fourth-order valence-corrected chi connectivity index (χ4v) is 0.603. The molecule has 5 heteroatoms. The van der Waals surface area contributed by atoms with Crippen molar-refractivity contribution in [2.45, 2.75) is 6.04 Å². The van der Waals surface area contributed by atoms with Gasteiger partial charge >= 0.3 is 0 Å². The van der Waals surface area contributed by atoms with Crippen molar-refractivity contribution in [2.75, 3.05) is 19.7 Å². The van der Waals surface area contributed by atoms with Crippen molar-refractivity contribution in [3.05, 3.63) is 0 Å². The molecule has 0 saturated carbocycles. The van der Waals surface area contributed by atoms with Crippen LogP contribution in [0.15, 0.2) is 0 Å². The zero-order chi connectivity index (χ0) is 7.40. The van der Waals surface area contributed by atoms with Crippen molar-refractivity contribution in [1.29, 1.82) is 0 Å². The number of hydroxylamine groups is 1. The van der Waals surface area contributed by atoms with Crippen LogP contribution >= 0.6 is 0 Å². The SMILES string of the molecule is NC(=O)CONC1CNC1. The van der Waals surface area contributed by atoms with Crippen LogP contribution < -0.4 is 16.5 Å². The van der Waals surface area contributed by atoms with Crippen LogP contribution in [-0.4, -0.2) is 31.6 Å². The van der Waals surface area contributed by atoms with Crippen molar-refractivity contribution < 1.29 is 9.63 Å². The van der Waals surface area contributed by atoms with Crippen molar-refractivity contribution in [3.8, 4) is 0 Å². The summed E-state index contributed by atoms with van der Waals surface area (Å²) in [7, 11) is 0. The van der Waals surface area contributed by atoms with Gasteiger partial charge in [0, 0.05) is 13.1 Å². The Balaban J connectivity index is 1.89. The molecule has 1 heterocycles. The minimum atomic E-state index is -0.459. The van der Waals surface area contributed by atoms with Crippen LogP contribution in [0.25, 0.3) is 0 Å². The number of carbonyl (C=O) groups excluding carboxylic acids is 1. The molecule has 0 unspecified atom stereocenters. The molecule has 1 amide bonds. The first kappa shape index (κ1) is 7.46. The van der Waals surface area contributed by atoms with Gasteiger partial charge in [-0.15, -0.1) is 0 Å². The first-order chi connectivity index (χ1) is 4.79. The monoisotopic (exact) mass is 145 g/mol. The molecule has 5 nitrogen and oxygen atoms in total. The van der Waals surface area contributed by atoms with E-state index in [0.29, 0.717) is 6.04 Å². The molecular weight excluding hydrogens is 134 g/mol. The Morgan fingerprint density at radius 2 is 2.50 bits per heavy atom. The number of hydrogen-bond donors (Lipinski definition) is 3. The number of primary amides is 1. The third-order valence-electron chi connectivity index (χ3n) is 1.25. The molecule has 0 aromatic heterocycles. The van der Waals surface area contributed by atoms with Gasteiger partial charge in [-0.25, -0.2) is 0 Å². The number of carbonyl (C=O) groups is 1. The predicted octanol–water partition coefficient (Wildman–Crippen LogP) is -2.04. The van der Waals surface area contributed by atoms with Crippen LogP contribution in [0.2, 0.25) is 0 Å². The van der Waals surface area contributed by atoms with E-state index in [-0.39, 0.29) is 6.61 Å². The fraction of sp³-hybridized carbons (Fsp3) is 0.800. The maximum atomic E-state index is 10.1. The highest BCUT2D eigenvalue weighted by molar-refractivity contribution is 5.74. The van der Waals surface area contributed by atoms with Crippen LogP contribution in [-0.2, 0) is 9.63 Å². The van der Waals surface area contributed by atoms with Crippen LogP contribution in [0.5, 0.6) is 0 Å². The molecule has 0 spiro atoms. The Hall–Kier alpha value is -0.650. The molecule has 0 aromatic rings. The normalized spacial score (nSPS) is 18.4. The number of nitrogens with one attached hydrogen (secondary N) is 2. The standard InChI is InChI=1S/C5H11N3O2/c6-5(9)3-10-8-4-1-7-2-4/h4,7-8H,1-3H2,(H2,6,9). The summed E-state index contributed by atoms with van der Waals surface area (Å²) >= 11 is 0. The van der Waals surface area contributed by atoms with Crippen molar-refractivity contribution in [2.24, 2.45) is 5.73 Å². The Bertz CT molecular complexity index is 124. The largest absolute Gasteiger partial charge is 0.368 e. The zero-order valence-corrected chi connectivity index (χ0v) is 5.59. The zero-order valence-electron chi connectivity index (χ0n) is 5.59. The Labute approximate surface area is 58.9 Å². The van der Waals surface area contributed by atoms with Gasteiger partial charge in [0.2, 0.25) is 5.91 Å². The molecule has 0 aromatic carbocycles. The molecule has 1 saturated heterocycles. The summed E-state index contributed by atoms with van der Waals surface area (Å²) in [6.45, 7) is 1.72. The molecular formula is C5H11N3O2. The summed E-state index contributed by atoms with van der Waals surface area (Å²) in [6.07, 6.45) is 0. The van der Waals surface area contributed by atoms with Crippen molar-refractivity contribution >= 4 is 5.91 Å². The smallest absolute Gasteiger partial charge is 0.245 e. The van der Waals surface area contributed by atoms with E-state index < -0.39 is 5.91 Å². The lowest BCUT2D eigenvalue weighted by Crippen LogP contribution is -2.55. The molecule has 0 radical (unpaired) electrons. The highest BCUT2D eigenvalue weighted by atomic mass is 16.6. The second-order valence-corrected chi connectivity index (χ2v) is 2.23. The van der Waals surface area contributed by atoms with Crippen LogP contribution in [0, 0.1) is 0 Å². The number of nitrogens with two attached hydrogens (primary N) is 1. The van der Waals surface area contributed by atoms with Gasteiger partial charge < -0.3 is 11.1 Å². The van der Waals surface area contributed by atoms with Gasteiger partial charge in [-0.2, -0.15) is 5.48 Å². The van der Waals surface area contributed by atoms with E-state index in [1.165, 1.54) is 0 Å². The number of hydrogen-bond acceptors (Lipinski definition) is 4. The Morgan fingerprint density at radius 1 is 1.80 bits per heavy atom. The van der Waals surface area contributed by atoms with Gasteiger partial charge in [0.15, 0.2) is 0 Å². The third-order valence-corrected chi connectivity index (χ3v) is 1.25. The van der Waals surface area contributed by atoms with E-state index in [0.717, 1.165) is 13.1 Å². The molecule has 1 rings (SSSR count). The molecule has 58 valence electrons. The molecule has 10 heavy (non-hydrogen) atoms. The average molecular weight is 145 g/mol. The lowest BCUT2D eigenvalue weighted by atomic mass is 10.2. The Morgan fingerprint density at radius 3 is 2.90 bits per heavy atom. The topological polar surface area (TPSA) is 76.4 Å². The van der Waals surface area contributed by atoms with Gasteiger partial charge in [0.1, 0.15) is 6.61 Å². The summed E-state index contributed by atoms with van der Waals surface area (Å²) in [5, 5.41) is 3.04. The summed E-state index contributed by atoms with van der Waals surface area (Å²) in [4.78, 5) is 14.9. The summed E-state index contributed by atoms with van der Waals surface area (Å²) < 4.78 is 0. The minimum absolute atomic E-state index is 0.0590. The van der Waals surface area contributed by atoms with E-state index in [1.807, 2.05) is 0 Å². The summed E-state index contributed by atoms with van der Waals surface area (Å²) in [5.41, 5.74) is 7.51. The van der Waals surface area contributed by atoms with Crippen molar-refractivity contribution in [3.63, 3.8) is 0 Å². The average Bonchev–Trinajstić information content (AvgIpc) is 1.75. The van der Waals surface area contributed by atoms with Gasteiger partial charge in [0.05, 0.1) is 6.04 Å². The molecule has 1 aliphatic rings. The molecule has 0 atom stereocenters. The van der Waals surface area contributed by atoms with Gasteiger partial charge in [0.25, 0.3) is 0 Å². The lowest BCUT2D eigenvalue weighted by Gasteiger charge is -2.26. The second-order valence-electron chi connectivity index (χ2n) is 2.23. The number of amides is 1. The van der Waals surface area contributed by atoms with Gasteiger partial charge in [-0.1, -0.05) is 0 Å². The first-order valence-corrected chi connectivity index (χ1v) is 3.15. The molecule has 1 fully saturated rings. The van der Waals surface area contributed by atoms with Crippen LogP contribution in [0.3, 0.4) is 0 Å². The highest BCUT2D eigenvalue weighted by Crippen LogP contribution is 1.88. The van der Waals surface area contributed by atoms with E-state index >= 15 is 0 Å². The van der Waals surface area contributed by atoms with E-state index in [9.17, 15) is 4.79 Å². The quantitative estimate of drug-likeness (QED) is 0.398. The van der Waals surface area contributed by atoms with Gasteiger partial charge in [-0.3, -0.25) is 9.63 Å². The fourth-order valence-electron chi connectivity index (χ4n) is 0.603. The van der Waals surface area contributed by atoms with E-state index in [2.05, 4.69) is 10.8 Å². The maximum absolute atomic E-state index is 10.1. The summed E-state index contributed by atoms with van der Waals surface area (Å²) in [6, 6.07) is 0.333.